The maximum absolute atomic E-state index is 12.0. The maximum Gasteiger partial charge on any atom is 0.301 e. The van der Waals surface area contributed by atoms with Crippen LogP contribution in [0.3, 0.4) is 0 Å². The second-order valence-electron chi connectivity index (χ2n) is 6.93. The number of amides is 1. The highest BCUT2D eigenvalue weighted by Gasteiger charge is 2.26. The molecule has 1 aliphatic rings. The van der Waals surface area contributed by atoms with Crippen molar-refractivity contribution in [2.75, 3.05) is 26.2 Å². The van der Waals surface area contributed by atoms with Crippen LogP contribution in [0.5, 0.6) is 0 Å². The summed E-state index contributed by atoms with van der Waals surface area (Å²) in [4.78, 5) is 13.9. The van der Waals surface area contributed by atoms with Crippen molar-refractivity contribution in [2.45, 2.75) is 52.3 Å². The summed E-state index contributed by atoms with van der Waals surface area (Å²) in [7, 11) is -3.83. The normalized spacial score (nSPS) is 20.4. The lowest BCUT2D eigenvalue weighted by Gasteiger charge is -2.35. The third-order valence-electron chi connectivity index (χ3n) is 3.90. The first kappa shape index (κ1) is 23.6. The molecule has 1 saturated heterocycles. The van der Waals surface area contributed by atoms with E-state index < -0.39 is 16.1 Å². The molecule has 10 heteroatoms. The zero-order valence-corrected chi connectivity index (χ0v) is 17.4. The van der Waals surface area contributed by atoms with Gasteiger partial charge in [-0.2, -0.15) is 13.1 Å². The Hall–Kier alpha value is -1.46. The Morgan fingerprint density at radius 2 is 2.07 bits per heavy atom. The summed E-state index contributed by atoms with van der Waals surface area (Å²) in [5.74, 6) is 5.44. The third kappa shape index (κ3) is 9.87. The molecule has 156 valence electrons. The predicted molar refractivity (Wildman–Crippen MR) is 106 cm³/mol. The van der Waals surface area contributed by atoms with Crippen LogP contribution in [-0.2, 0) is 19.7 Å². The number of nitrogens with zero attached hydrogens (tertiary/aromatic N) is 2. The van der Waals surface area contributed by atoms with Crippen LogP contribution in [0.25, 0.3) is 0 Å². The van der Waals surface area contributed by atoms with Gasteiger partial charge in [0.2, 0.25) is 5.91 Å². The molecule has 0 bridgehead atoms. The van der Waals surface area contributed by atoms with Gasteiger partial charge in [0.1, 0.15) is 0 Å². The molecule has 1 amide bonds. The Morgan fingerprint density at radius 1 is 1.37 bits per heavy atom. The molecule has 27 heavy (non-hydrogen) atoms. The molecular weight excluding hydrogens is 370 g/mol. The lowest BCUT2D eigenvalue weighted by molar-refractivity contribution is -0.122. The predicted octanol–water partition coefficient (Wildman–Crippen LogP) is 0.0903. The first-order chi connectivity index (χ1) is 12.6. The lowest BCUT2D eigenvalue weighted by Crippen LogP contribution is -2.51. The van der Waals surface area contributed by atoms with E-state index in [1.807, 2.05) is 41.7 Å². The van der Waals surface area contributed by atoms with Crippen molar-refractivity contribution in [1.82, 2.24) is 19.4 Å². The third-order valence-corrected chi connectivity index (χ3v) is 5.18. The first-order valence-electron chi connectivity index (χ1n) is 9.12. The molecule has 4 N–H and O–H groups in total. The van der Waals surface area contributed by atoms with E-state index in [2.05, 4.69) is 4.72 Å². The number of carbonyl (C=O) groups is 1. The van der Waals surface area contributed by atoms with Gasteiger partial charge >= 0.3 is 10.2 Å². The number of rotatable bonds is 10. The van der Waals surface area contributed by atoms with Crippen molar-refractivity contribution in [3.8, 4) is 0 Å². The van der Waals surface area contributed by atoms with Crippen LogP contribution in [0.15, 0.2) is 24.4 Å². The van der Waals surface area contributed by atoms with E-state index >= 15 is 0 Å². The molecule has 0 aromatic heterocycles. The standard InChI is InChI=1S/C17H33N5O4S/c1-5-6-7-8-22(18)15(4)11-16-12-21(9-10-26-16)13-17(23)20-27(24,25)19-14(2)3/h5-8,14-16,19H,9-13,18H2,1-4H3,(H,20,23)/b6-5-,8-7-. The van der Waals surface area contributed by atoms with Crippen molar-refractivity contribution < 1.29 is 17.9 Å². The fourth-order valence-corrected chi connectivity index (χ4v) is 3.74. The Bertz CT molecular complexity index is 621. The Kier molecular flexibility index (Phi) is 9.95. The fraction of sp³-hybridized carbons (Fsp3) is 0.706. The van der Waals surface area contributed by atoms with Gasteiger partial charge in [-0.1, -0.05) is 12.2 Å². The highest BCUT2D eigenvalue weighted by molar-refractivity contribution is 7.88. The molecule has 0 aliphatic carbocycles. The minimum Gasteiger partial charge on any atom is -0.375 e. The summed E-state index contributed by atoms with van der Waals surface area (Å²) in [6.45, 7) is 8.91. The van der Waals surface area contributed by atoms with E-state index in [1.165, 1.54) is 0 Å². The smallest absolute Gasteiger partial charge is 0.301 e. The highest BCUT2D eigenvalue weighted by Crippen LogP contribution is 2.13. The highest BCUT2D eigenvalue weighted by atomic mass is 32.2. The molecule has 9 nitrogen and oxygen atoms in total. The molecule has 0 aromatic carbocycles. The molecule has 1 rings (SSSR count). The molecule has 0 spiro atoms. The summed E-state index contributed by atoms with van der Waals surface area (Å²) in [6, 6.07) is -0.230. The number of nitrogens with two attached hydrogens (primary N) is 1. The lowest BCUT2D eigenvalue weighted by atomic mass is 10.1. The van der Waals surface area contributed by atoms with Gasteiger partial charge in [0.15, 0.2) is 0 Å². The zero-order valence-electron chi connectivity index (χ0n) is 16.6. The molecule has 2 unspecified atom stereocenters. The van der Waals surface area contributed by atoms with Crippen molar-refractivity contribution in [2.24, 2.45) is 5.84 Å². The molecule has 0 radical (unpaired) electrons. The number of morpholine rings is 1. The van der Waals surface area contributed by atoms with Gasteiger partial charge in [-0.25, -0.2) is 10.6 Å². The largest absolute Gasteiger partial charge is 0.375 e. The van der Waals surface area contributed by atoms with Gasteiger partial charge in [0, 0.05) is 31.4 Å². The molecule has 2 atom stereocenters. The molecule has 1 heterocycles. The molecule has 1 fully saturated rings. The van der Waals surface area contributed by atoms with E-state index in [1.54, 1.807) is 25.1 Å². The molecular formula is C17H33N5O4S. The number of hydrogen-bond donors (Lipinski definition) is 3. The fourth-order valence-electron chi connectivity index (χ4n) is 2.70. The topological polar surface area (TPSA) is 117 Å². The summed E-state index contributed by atoms with van der Waals surface area (Å²) >= 11 is 0. The van der Waals surface area contributed by atoms with Crippen LogP contribution in [0.2, 0.25) is 0 Å². The minimum atomic E-state index is -3.83. The number of nitrogens with one attached hydrogen (secondary N) is 2. The minimum absolute atomic E-state index is 0.000777. The van der Waals surface area contributed by atoms with Crippen molar-refractivity contribution >= 4 is 16.1 Å². The van der Waals surface area contributed by atoms with Crippen LogP contribution >= 0.6 is 0 Å². The van der Waals surface area contributed by atoms with Gasteiger partial charge in [-0.15, -0.1) is 0 Å². The zero-order chi connectivity index (χ0) is 20.4. The van der Waals surface area contributed by atoms with Crippen molar-refractivity contribution in [1.29, 1.82) is 0 Å². The van der Waals surface area contributed by atoms with Crippen molar-refractivity contribution in [3.05, 3.63) is 24.4 Å². The SMILES string of the molecule is C/C=C\C=C/N(N)C(C)CC1CN(CC(=O)NS(=O)(=O)NC(C)C)CCO1. The van der Waals surface area contributed by atoms with Crippen LogP contribution in [-0.4, -0.2) is 68.7 Å². The summed E-state index contributed by atoms with van der Waals surface area (Å²) in [5.41, 5.74) is 0. The van der Waals surface area contributed by atoms with Crippen LogP contribution < -0.4 is 15.3 Å². The second-order valence-corrected chi connectivity index (χ2v) is 8.38. The van der Waals surface area contributed by atoms with Gasteiger partial charge in [-0.3, -0.25) is 9.69 Å². The van der Waals surface area contributed by atoms with E-state index in [9.17, 15) is 13.2 Å². The van der Waals surface area contributed by atoms with Gasteiger partial charge in [0.25, 0.3) is 0 Å². The Labute approximate surface area is 162 Å². The second kappa shape index (κ2) is 11.4. The van der Waals surface area contributed by atoms with E-state index in [0.717, 1.165) is 0 Å². The van der Waals surface area contributed by atoms with Crippen LogP contribution in [0, 0.1) is 0 Å². The number of ether oxygens (including phenoxy) is 1. The van der Waals surface area contributed by atoms with Crippen molar-refractivity contribution in [3.63, 3.8) is 0 Å². The Morgan fingerprint density at radius 3 is 2.70 bits per heavy atom. The molecule has 0 saturated carbocycles. The van der Waals surface area contributed by atoms with Gasteiger partial charge in [-0.05, 0) is 40.2 Å². The molecule has 1 aliphatic heterocycles. The van der Waals surface area contributed by atoms with E-state index in [-0.39, 0.29) is 24.7 Å². The molecule has 0 aromatic rings. The summed E-state index contributed by atoms with van der Waals surface area (Å²) in [6.07, 6.45) is 8.09. The number of carbonyl (C=O) groups excluding carboxylic acids is 1. The average molecular weight is 404 g/mol. The van der Waals surface area contributed by atoms with Gasteiger partial charge in [0.05, 0.1) is 19.3 Å². The quantitative estimate of drug-likeness (QED) is 0.269. The van der Waals surface area contributed by atoms with Gasteiger partial charge < -0.3 is 9.75 Å². The van der Waals surface area contributed by atoms with Crippen LogP contribution in [0.4, 0.5) is 0 Å². The monoisotopic (exact) mass is 403 g/mol. The number of hydrogen-bond acceptors (Lipinski definition) is 7. The van der Waals surface area contributed by atoms with Crippen LogP contribution in [0.1, 0.15) is 34.1 Å². The first-order valence-corrected chi connectivity index (χ1v) is 10.6. The average Bonchev–Trinajstić information content (AvgIpc) is 2.53. The summed E-state index contributed by atoms with van der Waals surface area (Å²) in [5, 5.41) is 1.62. The summed E-state index contributed by atoms with van der Waals surface area (Å²) < 4.78 is 33.7. The maximum atomic E-state index is 12.0. The van der Waals surface area contributed by atoms with E-state index in [4.69, 9.17) is 10.6 Å². The Balaban J connectivity index is 2.48. The number of hydrazine groups is 1. The van der Waals surface area contributed by atoms with E-state index in [0.29, 0.717) is 26.1 Å². The number of allylic oxidation sites excluding steroid dienone is 3.